The molecule has 3 aliphatic rings. The fraction of sp³-hybridized carbons (Fsp3) is 0.368. The summed E-state index contributed by atoms with van der Waals surface area (Å²) < 4.78 is 4.99. The van der Waals surface area contributed by atoms with E-state index in [9.17, 15) is 14.4 Å². The molecule has 0 aromatic carbocycles. The number of aromatic amines is 2. The Balaban J connectivity index is 1.76. The number of carbonyl (C=O) groups is 3. The van der Waals surface area contributed by atoms with Crippen molar-refractivity contribution in [3.8, 4) is 0 Å². The number of isothiocyanates is 1. The molecule has 0 saturated carbocycles. The van der Waals surface area contributed by atoms with Gasteiger partial charge in [0, 0.05) is 52.6 Å². The van der Waals surface area contributed by atoms with E-state index in [4.69, 9.17) is 26.9 Å². The van der Waals surface area contributed by atoms with Crippen molar-refractivity contribution >= 4 is 74.5 Å². The molecule has 0 spiro atoms. The zero-order chi connectivity index (χ0) is 35.1. The number of fused-ring (bicyclic) bond motifs is 8. The highest BCUT2D eigenvalue weighted by Gasteiger charge is 2.40. The van der Waals surface area contributed by atoms with Crippen LogP contribution >= 0.6 is 12.2 Å². The lowest BCUT2D eigenvalue weighted by Gasteiger charge is -2.27. The number of esters is 1. The first-order valence-corrected chi connectivity index (χ1v) is 17.0. The Morgan fingerprint density at radius 3 is 2.47 bits per heavy atom. The van der Waals surface area contributed by atoms with Gasteiger partial charge in [-0.15, -0.1) is 0 Å². The molecule has 0 radical (unpaired) electrons. The summed E-state index contributed by atoms with van der Waals surface area (Å²) >= 11 is 4.72. The van der Waals surface area contributed by atoms with E-state index in [1.807, 2.05) is 32.1 Å². The van der Waals surface area contributed by atoms with Gasteiger partial charge >= 0.3 is 5.97 Å². The molecular formula is C38H40N6O4S. The van der Waals surface area contributed by atoms with Crippen LogP contribution in [0.5, 0.6) is 0 Å². The molecule has 11 heteroatoms. The van der Waals surface area contributed by atoms with E-state index in [2.05, 4.69) is 53.5 Å². The summed E-state index contributed by atoms with van der Waals surface area (Å²) in [5, 5.41) is 2.35. The first kappa shape index (κ1) is 33.9. The van der Waals surface area contributed by atoms with E-state index >= 15 is 0 Å². The molecule has 2 atom stereocenters. The van der Waals surface area contributed by atoms with E-state index < -0.39 is 5.91 Å². The van der Waals surface area contributed by atoms with Crippen molar-refractivity contribution in [2.24, 2.45) is 4.99 Å². The van der Waals surface area contributed by atoms with Crippen molar-refractivity contribution in [2.75, 3.05) is 20.2 Å². The number of hydrogen-bond acceptors (Lipinski definition) is 8. The summed E-state index contributed by atoms with van der Waals surface area (Å²) in [6.45, 7) is 14.8. The number of hydrogen-bond donors (Lipinski definition) is 2. The quantitative estimate of drug-likeness (QED) is 0.0775. The van der Waals surface area contributed by atoms with Crippen LogP contribution in [0.25, 0.3) is 39.3 Å². The summed E-state index contributed by atoms with van der Waals surface area (Å²) in [6, 6.07) is 6.04. The Morgan fingerprint density at radius 1 is 1.06 bits per heavy atom. The predicted molar refractivity (Wildman–Crippen MR) is 196 cm³/mol. The lowest BCUT2D eigenvalue weighted by atomic mass is 9.84. The molecular weight excluding hydrogens is 637 g/mol. The second-order valence-electron chi connectivity index (χ2n) is 12.8. The van der Waals surface area contributed by atoms with Gasteiger partial charge in [-0.05, 0) is 92.7 Å². The minimum Gasteiger partial charge on any atom is -0.469 e. The summed E-state index contributed by atoms with van der Waals surface area (Å²) in [5.41, 5.74) is 11.5. The molecule has 0 saturated heterocycles. The average Bonchev–Trinajstić information content (AvgIpc) is 3.76. The van der Waals surface area contributed by atoms with E-state index in [1.165, 1.54) is 12.0 Å². The molecule has 3 aromatic rings. The zero-order valence-electron chi connectivity index (χ0n) is 28.7. The molecule has 0 aliphatic carbocycles. The van der Waals surface area contributed by atoms with Gasteiger partial charge < -0.3 is 14.7 Å². The highest BCUT2D eigenvalue weighted by atomic mass is 32.1. The molecule has 6 heterocycles. The third kappa shape index (κ3) is 5.77. The monoisotopic (exact) mass is 676 g/mol. The number of nitrogens with one attached hydrogen (secondary N) is 2. The first-order valence-electron chi connectivity index (χ1n) is 16.6. The van der Waals surface area contributed by atoms with Gasteiger partial charge in [0.1, 0.15) is 0 Å². The number of rotatable bonds is 9. The van der Waals surface area contributed by atoms with Crippen LogP contribution < -0.4 is 0 Å². The number of thiocarbonyl (C=S) groups is 1. The lowest BCUT2D eigenvalue weighted by molar-refractivity contribution is -0.140. The number of methoxy groups -OCH3 is 1. The lowest BCUT2D eigenvalue weighted by Crippen LogP contribution is -2.41. The van der Waals surface area contributed by atoms with Gasteiger partial charge in [0.05, 0.1) is 52.5 Å². The summed E-state index contributed by atoms with van der Waals surface area (Å²) in [7, 11) is 1.37. The second-order valence-corrected chi connectivity index (χ2v) is 13.0. The fourth-order valence-corrected chi connectivity index (χ4v) is 7.43. The van der Waals surface area contributed by atoms with E-state index in [1.54, 1.807) is 0 Å². The van der Waals surface area contributed by atoms with Gasteiger partial charge in [-0.25, -0.2) is 9.98 Å². The fourth-order valence-electron chi connectivity index (χ4n) is 7.34. The van der Waals surface area contributed by atoms with E-state index in [-0.39, 0.29) is 36.7 Å². The van der Waals surface area contributed by atoms with Gasteiger partial charge in [-0.3, -0.25) is 24.3 Å². The molecule has 3 aromatic heterocycles. The summed E-state index contributed by atoms with van der Waals surface area (Å²) in [6.07, 6.45) is 3.60. The molecule has 252 valence electrons. The maximum absolute atomic E-state index is 14.5. The molecule has 10 nitrogen and oxygen atoms in total. The number of aryl methyl sites for hydroxylation is 2. The number of aromatic nitrogens is 4. The number of allylic oxidation sites excluding steroid dienone is 2. The van der Waals surface area contributed by atoms with Crippen LogP contribution in [0.1, 0.15) is 118 Å². The van der Waals surface area contributed by atoms with Gasteiger partial charge in [-0.2, -0.15) is 0 Å². The maximum atomic E-state index is 14.5. The van der Waals surface area contributed by atoms with Crippen LogP contribution in [0.15, 0.2) is 29.8 Å². The summed E-state index contributed by atoms with van der Waals surface area (Å²) in [5.74, 6) is -1.61. The number of H-pyrrole nitrogens is 2. The zero-order valence-corrected chi connectivity index (χ0v) is 29.6. The molecule has 3 aliphatic heterocycles. The number of amides is 2. The van der Waals surface area contributed by atoms with Crippen LogP contribution in [0.2, 0.25) is 0 Å². The number of imide groups is 1. The van der Waals surface area contributed by atoms with Crippen LogP contribution in [0, 0.1) is 13.8 Å². The van der Waals surface area contributed by atoms with Crippen molar-refractivity contribution < 1.29 is 19.1 Å². The van der Waals surface area contributed by atoms with Crippen LogP contribution in [0.3, 0.4) is 0 Å². The first-order chi connectivity index (χ1) is 23.5. The van der Waals surface area contributed by atoms with Crippen LogP contribution in [-0.2, 0) is 9.53 Å². The van der Waals surface area contributed by atoms with Crippen molar-refractivity contribution in [3.63, 3.8) is 0 Å². The van der Waals surface area contributed by atoms with Gasteiger partial charge in [0.25, 0.3) is 11.8 Å². The van der Waals surface area contributed by atoms with Crippen LogP contribution in [0.4, 0.5) is 0 Å². The molecule has 2 amide bonds. The average molecular weight is 677 g/mol. The minimum absolute atomic E-state index is 0.151. The van der Waals surface area contributed by atoms with Crippen molar-refractivity contribution in [1.29, 1.82) is 0 Å². The highest BCUT2D eigenvalue weighted by molar-refractivity contribution is 7.78. The SMILES string of the molecule is C=Cc1c(C)c2cc3nc(c4c5[nH]c(cc6nc(cc1[nH]2)C(C)=C6CC)c(C)c5C(=O)N(CCCN=C=S)C4=O)[C@@H](CCC(=O)OC)[C@@H]3C. The van der Waals surface area contributed by atoms with Gasteiger partial charge in [0.15, 0.2) is 0 Å². The van der Waals surface area contributed by atoms with Crippen molar-refractivity contribution in [2.45, 2.75) is 72.1 Å². The normalized spacial score (nSPS) is 17.0. The summed E-state index contributed by atoms with van der Waals surface area (Å²) in [4.78, 5) is 63.7. The Labute approximate surface area is 290 Å². The topological polar surface area (TPSA) is 133 Å². The third-order valence-electron chi connectivity index (χ3n) is 10.2. The maximum Gasteiger partial charge on any atom is 0.305 e. The number of ether oxygens (including phenoxy) is 1. The van der Waals surface area contributed by atoms with Gasteiger partial charge in [-0.1, -0.05) is 26.5 Å². The third-order valence-corrected chi connectivity index (χ3v) is 10.3. The molecule has 8 bridgehead atoms. The Kier molecular flexibility index (Phi) is 9.33. The largest absolute Gasteiger partial charge is 0.469 e. The molecule has 0 fully saturated rings. The van der Waals surface area contributed by atoms with Crippen molar-refractivity contribution in [3.05, 3.63) is 75.4 Å². The molecule has 0 unspecified atom stereocenters. The van der Waals surface area contributed by atoms with Gasteiger partial charge in [0.2, 0.25) is 0 Å². The Bertz CT molecular complexity index is 2180. The Hall–Kier alpha value is -4.99. The van der Waals surface area contributed by atoms with Crippen LogP contribution in [-0.4, -0.2) is 68.0 Å². The number of carbonyl (C=O) groups excluding carboxylic acids is 3. The smallest absolute Gasteiger partial charge is 0.305 e. The van der Waals surface area contributed by atoms with Crippen molar-refractivity contribution in [1.82, 2.24) is 24.8 Å². The molecule has 2 N–H and O–H groups in total. The second kappa shape index (κ2) is 13.5. The predicted octanol–water partition coefficient (Wildman–Crippen LogP) is 7.84. The standard InChI is InChI=1S/C38H40N6O4S/c1-8-23-19(3)26-15-28-21(5)25(11-12-32(45)48-7)35(42-28)34-36-33(37(46)44(38(34)47)14-10-13-39-18-49)22(6)29(43-36)17-31-24(9-2)20(4)27(41-31)16-30(23)40-26/h8,15-17,21,25,40,43H,1,9-14H2,2-7H3/t21-,25-/m0/s1. The number of aliphatic imine (C=N–C) groups is 1. The highest BCUT2D eigenvalue weighted by Crippen LogP contribution is 2.44. The molecule has 49 heavy (non-hydrogen) atoms. The minimum atomic E-state index is -0.436. The van der Waals surface area contributed by atoms with E-state index in [0.717, 1.165) is 62.4 Å². The van der Waals surface area contributed by atoms with E-state index in [0.29, 0.717) is 47.2 Å². The Morgan fingerprint density at radius 2 is 1.78 bits per heavy atom. The number of nitrogens with zero attached hydrogens (tertiary/aromatic N) is 4. The molecule has 6 rings (SSSR count).